The van der Waals surface area contributed by atoms with Gasteiger partial charge in [-0.25, -0.2) is 0 Å². The van der Waals surface area contributed by atoms with Gasteiger partial charge < -0.3 is 14.8 Å². The second kappa shape index (κ2) is 10.1. The molecule has 27 heavy (non-hydrogen) atoms. The van der Waals surface area contributed by atoms with Gasteiger partial charge in [-0.2, -0.15) is 0 Å². The van der Waals surface area contributed by atoms with Crippen molar-refractivity contribution in [2.75, 3.05) is 38.7 Å². The number of nitrogens with zero attached hydrogens (tertiary/aromatic N) is 1. The monoisotopic (exact) mass is 374 g/mol. The molecule has 0 bridgehead atoms. The van der Waals surface area contributed by atoms with Gasteiger partial charge in [0.1, 0.15) is 18.0 Å². The zero-order valence-corrected chi connectivity index (χ0v) is 16.7. The molecule has 1 aliphatic heterocycles. The van der Waals surface area contributed by atoms with E-state index in [0.717, 1.165) is 43.7 Å². The van der Waals surface area contributed by atoms with Crippen LogP contribution in [0, 0.1) is 0 Å². The molecule has 1 heterocycles. The number of amides is 1. The zero-order valence-electron chi connectivity index (χ0n) is 16.7. The number of hydrogen-bond acceptors (Lipinski definition) is 4. The molecule has 1 N–H and O–H groups in total. The normalized spacial score (nSPS) is 20.6. The second-order valence-electron chi connectivity index (χ2n) is 7.84. The van der Waals surface area contributed by atoms with Crippen LogP contribution < -0.4 is 10.1 Å². The number of carbonyl (C=O) groups is 1. The zero-order chi connectivity index (χ0) is 19.0. The Labute approximate surface area is 163 Å². The molecule has 2 fully saturated rings. The Morgan fingerprint density at radius 2 is 1.63 bits per heavy atom. The molecule has 1 aliphatic carbocycles. The number of anilines is 1. The van der Waals surface area contributed by atoms with E-state index in [4.69, 9.17) is 9.47 Å². The first-order valence-electron chi connectivity index (χ1n) is 10.5. The van der Waals surface area contributed by atoms with Gasteiger partial charge >= 0.3 is 0 Å². The molecule has 1 aromatic rings. The number of methoxy groups -OCH3 is 1. The van der Waals surface area contributed by atoms with Crippen molar-refractivity contribution in [3.63, 3.8) is 0 Å². The topological polar surface area (TPSA) is 50.8 Å². The molecular formula is C22H34N2O3. The van der Waals surface area contributed by atoms with Crippen molar-refractivity contribution < 1.29 is 14.3 Å². The van der Waals surface area contributed by atoms with Gasteiger partial charge in [-0.1, -0.05) is 32.1 Å². The van der Waals surface area contributed by atoms with Gasteiger partial charge in [-0.3, -0.25) is 9.69 Å². The van der Waals surface area contributed by atoms with E-state index in [2.05, 4.69) is 10.2 Å². The summed E-state index contributed by atoms with van der Waals surface area (Å²) in [6, 6.07) is 7.67. The van der Waals surface area contributed by atoms with Crippen molar-refractivity contribution in [2.24, 2.45) is 0 Å². The standard InChI is InChI=1S/C22H34N2O3/c1-26-22(13-5-4-6-14-22)21(25)23-19-9-11-20(12-10-19)27-18-17-24-15-7-2-3-8-16-24/h9-12H,2-8,13-18H2,1H3,(H,23,25). The van der Waals surface area contributed by atoms with Crippen molar-refractivity contribution >= 4 is 11.6 Å². The molecule has 2 aliphatic rings. The van der Waals surface area contributed by atoms with Crippen LogP contribution in [-0.2, 0) is 9.53 Å². The largest absolute Gasteiger partial charge is 0.492 e. The fourth-order valence-electron chi connectivity index (χ4n) is 4.18. The first-order chi connectivity index (χ1) is 13.2. The summed E-state index contributed by atoms with van der Waals surface area (Å²) in [5, 5.41) is 3.02. The Balaban J connectivity index is 1.46. The molecule has 0 radical (unpaired) electrons. The Morgan fingerprint density at radius 3 is 2.26 bits per heavy atom. The summed E-state index contributed by atoms with van der Waals surface area (Å²) < 4.78 is 11.5. The van der Waals surface area contributed by atoms with Gasteiger partial charge in [0, 0.05) is 19.3 Å². The van der Waals surface area contributed by atoms with Gasteiger partial charge in [-0.15, -0.1) is 0 Å². The number of rotatable bonds is 7. The van der Waals surface area contributed by atoms with E-state index in [0.29, 0.717) is 6.61 Å². The molecule has 5 nitrogen and oxygen atoms in total. The minimum atomic E-state index is -0.666. The van der Waals surface area contributed by atoms with Gasteiger partial charge in [-0.05, 0) is 63.0 Å². The number of likely N-dealkylation sites (tertiary alicyclic amines) is 1. The maximum atomic E-state index is 12.7. The fourth-order valence-corrected chi connectivity index (χ4v) is 4.18. The fraction of sp³-hybridized carbons (Fsp3) is 0.682. The molecule has 1 aromatic carbocycles. The quantitative estimate of drug-likeness (QED) is 0.776. The second-order valence-corrected chi connectivity index (χ2v) is 7.84. The summed E-state index contributed by atoms with van der Waals surface area (Å²) in [5.41, 5.74) is 0.127. The highest BCUT2D eigenvalue weighted by atomic mass is 16.5. The minimum Gasteiger partial charge on any atom is -0.492 e. The Kier molecular flexibility index (Phi) is 7.53. The molecule has 0 aromatic heterocycles. The molecule has 3 rings (SSSR count). The lowest BCUT2D eigenvalue weighted by molar-refractivity contribution is -0.141. The van der Waals surface area contributed by atoms with Crippen LogP contribution >= 0.6 is 0 Å². The van der Waals surface area contributed by atoms with Gasteiger partial charge in [0.15, 0.2) is 0 Å². The van der Waals surface area contributed by atoms with Crippen LogP contribution in [0.1, 0.15) is 57.8 Å². The summed E-state index contributed by atoms with van der Waals surface area (Å²) in [4.78, 5) is 15.2. The van der Waals surface area contributed by atoms with Crippen LogP contribution in [0.2, 0.25) is 0 Å². The summed E-state index contributed by atoms with van der Waals surface area (Å²) in [6.45, 7) is 4.07. The summed E-state index contributed by atoms with van der Waals surface area (Å²) in [5.74, 6) is 0.821. The lowest BCUT2D eigenvalue weighted by Gasteiger charge is -2.34. The molecule has 0 atom stereocenters. The maximum Gasteiger partial charge on any atom is 0.256 e. The molecule has 0 spiro atoms. The summed E-state index contributed by atoms with van der Waals surface area (Å²) >= 11 is 0. The molecule has 1 saturated carbocycles. The van der Waals surface area contributed by atoms with E-state index in [1.165, 1.54) is 45.2 Å². The lowest BCUT2D eigenvalue weighted by Crippen LogP contribution is -2.46. The van der Waals surface area contributed by atoms with Gasteiger partial charge in [0.2, 0.25) is 0 Å². The van der Waals surface area contributed by atoms with Crippen molar-refractivity contribution in [2.45, 2.75) is 63.4 Å². The van der Waals surface area contributed by atoms with Crippen molar-refractivity contribution in [3.05, 3.63) is 24.3 Å². The Morgan fingerprint density at radius 1 is 1.00 bits per heavy atom. The van der Waals surface area contributed by atoms with Crippen molar-refractivity contribution in [1.82, 2.24) is 4.90 Å². The highest BCUT2D eigenvalue weighted by Crippen LogP contribution is 2.32. The molecular weight excluding hydrogens is 340 g/mol. The first-order valence-corrected chi connectivity index (χ1v) is 10.5. The van der Waals surface area contributed by atoms with Crippen LogP contribution in [0.25, 0.3) is 0 Å². The molecule has 5 heteroatoms. The number of hydrogen-bond donors (Lipinski definition) is 1. The molecule has 0 unspecified atom stereocenters. The summed E-state index contributed by atoms with van der Waals surface area (Å²) in [6.07, 6.45) is 10.2. The van der Waals surface area contributed by atoms with E-state index >= 15 is 0 Å². The predicted molar refractivity (Wildman–Crippen MR) is 108 cm³/mol. The van der Waals surface area contributed by atoms with Gasteiger partial charge in [0.05, 0.1) is 0 Å². The third kappa shape index (κ3) is 5.69. The maximum absolute atomic E-state index is 12.7. The highest BCUT2D eigenvalue weighted by molar-refractivity contribution is 5.97. The number of ether oxygens (including phenoxy) is 2. The van der Waals surface area contributed by atoms with Crippen LogP contribution in [0.3, 0.4) is 0 Å². The average Bonchev–Trinajstić information content (AvgIpc) is 2.98. The van der Waals surface area contributed by atoms with Crippen LogP contribution in [0.15, 0.2) is 24.3 Å². The van der Waals surface area contributed by atoms with Crippen molar-refractivity contribution in [3.8, 4) is 5.75 Å². The highest BCUT2D eigenvalue weighted by Gasteiger charge is 2.39. The van der Waals surface area contributed by atoms with E-state index < -0.39 is 5.60 Å². The minimum absolute atomic E-state index is 0.0282. The van der Waals surface area contributed by atoms with Crippen LogP contribution in [0.5, 0.6) is 5.75 Å². The summed E-state index contributed by atoms with van der Waals surface area (Å²) in [7, 11) is 1.64. The third-order valence-corrected chi connectivity index (χ3v) is 5.95. The van der Waals surface area contributed by atoms with Gasteiger partial charge in [0.25, 0.3) is 5.91 Å². The smallest absolute Gasteiger partial charge is 0.256 e. The molecule has 150 valence electrons. The first kappa shape index (κ1) is 20.2. The SMILES string of the molecule is COC1(C(=O)Nc2ccc(OCCN3CCCCCC3)cc2)CCCCC1. The van der Waals surface area contributed by atoms with E-state index in [9.17, 15) is 4.79 Å². The average molecular weight is 375 g/mol. The number of carbonyl (C=O) groups excluding carboxylic acids is 1. The Hall–Kier alpha value is -1.59. The number of benzene rings is 1. The third-order valence-electron chi connectivity index (χ3n) is 5.95. The number of nitrogens with one attached hydrogen (secondary N) is 1. The van der Waals surface area contributed by atoms with E-state index in [-0.39, 0.29) is 5.91 Å². The molecule has 1 saturated heterocycles. The van der Waals surface area contributed by atoms with E-state index in [1.807, 2.05) is 24.3 Å². The van der Waals surface area contributed by atoms with E-state index in [1.54, 1.807) is 7.11 Å². The van der Waals surface area contributed by atoms with Crippen LogP contribution in [0.4, 0.5) is 5.69 Å². The Bertz CT molecular complexity index is 574. The van der Waals surface area contributed by atoms with Crippen LogP contribution in [-0.4, -0.2) is 49.8 Å². The molecule has 1 amide bonds. The van der Waals surface area contributed by atoms with Crippen molar-refractivity contribution in [1.29, 1.82) is 0 Å². The predicted octanol–water partition coefficient (Wildman–Crippen LogP) is 4.23. The lowest BCUT2D eigenvalue weighted by atomic mass is 9.84.